The first kappa shape index (κ1) is 18.7. The third-order valence-corrected chi connectivity index (χ3v) is 4.63. The molecular weight excluding hydrogens is 357 g/mol. The molecule has 1 fully saturated rings. The van der Waals surface area contributed by atoms with Crippen LogP contribution in [0.4, 0.5) is 22.0 Å². The van der Waals surface area contributed by atoms with Crippen molar-refractivity contribution in [3.05, 3.63) is 35.4 Å². The predicted octanol–water partition coefficient (Wildman–Crippen LogP) is 4.17. The van der Waals surface area contributed by atoms with Crippen LogP contribution in [0.3, 0.4) is 0 Å². The highest BCUT2D eigenvalue weighted by atomic mass is 19.3. The second-order valence-corrected chi connectivity index (χ2v) is 6.52. The summed E-state index contributed by atoms with van der Waals surface area (Å²) >= 11 is 0. The third-order valence-electron chi connectivity index (χ3n) is 4.63. The van der Waals surface area contributed by atoms with Crippen molar-refractivity contribution in [2.75, 3.05) is 26.6 Å². The van der Waals surface area contributed by atoms with E-state index in [0.717, 1.165) is 24.3 Å². The molecule has 0 spiro atoms. The summed E-state index contributed by atoms with van der Waals surface area (Å²) in [6.07, 6.45) is 2.75. The number of carbonyl (C=O) groups is 1. The molecule has 8 heteroatoms. The van der Waals surface area contributed by atoms with Crippen LogP contribution in [0.2, 0.25) is 0 Å². The van der Waals surface area contributed by atoms with Gasteiger partial charge in [-0.05, 0) is 37.1 Å². The van der Waals surface area contributed by atoms with Crippen molar-refractivity contribution in [1.29, 1.82) is 0 Å². The molecule has 0 bridgehead atoms. The third kappa shape index (κ3) is 3.17. The lowest BCUT2D eigenvalue weighted by Crippen LogP contribution is -2.44. The summed E-state index contributed by atoms with van der Waals surface area (Å²) in [5.41, 5.74) is -2.28. The molecule has 1 amide bonds. The molecule has 26 heavy (non-hydrogen) atoms. The summed E-state index contributed by atoms with van der Waals surface area (Å²) in [5, 5.41) is 0. The van der Waals surface area contributed by atoms with Gasteiger partial charge in [0.1, 0.15) is 19.1 Å². The van der Waals surface area contributed by atoms with Crippen LogP contribution in [-0.2, 0) is 10.7 Å². The average molecular weight is 375 g/mol. The fraction of sp³-hybridized carbons (Fsp3) is 0.500. The number of rotatable bonds is 5. The number of hydrogen-bond donors (Lipinski definition) is 0. The highest BCUT2D eigenvalue weighted by Crippen LogP contribution is 2.42. The second-order valence-electron chi connectivity index (χ2n) is 6.52. The Hall–Kier alpha value is -2.12. The van der Waals surface area contributed by atoms with E-state index >= 15 is 0 Å². The number of carbonyl (C=O) groups excluding carboxylic acids is 1. The monoisotopic (exact) mass is 375 g/mol. The SMILES string of the molecule is O=C1CCCCN1C1=CC(CF)(CF)Oc2ccc(C(F)(F)CF)cc21. The zero-order valence-electron chi connectivity index (χ0n) is 13.9. The highest BCUT2D eigenvalue weighted by Gasteiger charge is 2.40. The van der Waals surface area contributed by atoms with Crippen molar-refractivity contribution < 1.29 is 31.5 Å². The van der Waals surface area contributed by atoms with Crippen LogP contribution >= 0.6 is 0 Å². The standard InChI is InChI=1S/C18H18F5NO2/c19-9-17(10-20)8-14(24-6-2-1-3-16(24)25)13-7-12(18(22,23)11-21)4-5-15(13)26-17/h4-5,7-8H,1-3,6,9-11H2. The molecule has 1 saturated heterocycles. The zero-order chi connectivity index (χ0) is 18.9. The minimum absolute atomic E-state index is 0.0189. The maximum atomic E-state index is 13.7. The lowest BCUT2D eigenvalue weighted by atomic mass is 9.93. The topological polar surface area (TPSA) is 29.5 Å². The van der Waals surface area contributed by atoms with Gasteiger partial charge in [-0.2, -0.15) is 8.78 Å². The molecule has 1 aromatic rings. The second kappa shape index (κ2) is 6.89. The van der Waals surface area contributed by atoms with Gasteiger partial charge in [0.05, 0.1) is 5.70 Å². The smallest absolute Gasteiger partial charge is 0.301 e. The van der Waals surface area contributed by atoms with E-state index in [2.05, 4.69) is 0 Å². The van der Waals surface area contributed by atoms with Gasteiger partial charge in [0.15, 0.2) is 12.3 Å². The van der Waals surface area contributed by atoms with Crippen molar-refractivity contribution in [2.45, 2.75) is 30.8 Å². The minimum Gasteiger partial charge on any atom is -0.477 e. The van der Waals surface area contributed by atoms with E-state index in [1.165, 1.54) is 4.90 Å². The number of amides is 1. The van der Waals surface area contributed by atoms with Crippen LogP contribution in [0, 0.1) is 0 Å². The minimum atomic E-state index is -3.71. The molecule has 3 rings (SSSR count). The molecule has 0 atom stereocenters. The summed E-state index contributed by atoms with van der Waals surface area (Å²) in [6.45, 7) is -3.94. The maximum Gasteiger partial charge on any atom is 0.301 e. The van der Waals surface area contributed by atoms with Gasteiger partial charge >= 0.3 is 5.92 Å². The molecule has 0 N–H and O–H groups in total. The first-order valence-corrected chi connectivity index (χ1v) is 8.29. The van der Waals surface area contributed by atoms with E-state index in [0.29, 0.717) is 19.4 Å². The number of fused-ring (bicyclic) bond motifs is 1. The van der Waals surface area contributed by atoms with E-state index in [1.54, 1.807) is 0 Å². The number of ether oxygens (including phenoxy) is 1. The number of likely N-dealkylation sites (tertiary alicyclic amines) is 1. The van der Waals surface area contributed by atoms with Crippen LogP contribution in [0.15, 0.2) is 24.3 Å². The van der Waals surface area contributed by atoms with Gasteiger partial charge in [-0.3, -0.25) is 4.79 Å². The number of halogens is 5. The van der Waals surface area contributed by atoms with Gasteiger partial charge in [-0.15, -0.1) is 0 Å². The Balaban J connectivity index is 2.14. The van der Waals surface area contributed by atoms with E-state index in [-0.39, 0.29) is 29.3 Å². The van der Waals surface area contributed by atoms with Crippen LogP contribution in [-0.4, -0.2) is 43.0 Å². The number of piperidine rings is 1. The van der Waals surface area contributed by atoms with Gasteiger partial charge in [0.2, 0.25) is 5.91 Å². The van der Waals surface area contributed by atoms with E-state index < -0.39 is 37.1 Å². The normalized spacial score (nSPS) is 19.7. The van der Waals surface area contributed by atoms with Gasteiger partial charge < -0.3 is 9.64 Å². The van der Waals surface area contributed by atoms with Crippen LogP contribution in [0.25, 0.3) is 5.70 Å². The Morgan fingerprint density at radius 3 is 2.50 bits per heavy atom. The van der Waals surface area contributed by atoms with Gasteiger partial charge in [-0.25, -0.2) is 13.2 Å². The molecule has 0 unspecified atom stereocenters. The quantitative estimate of drug-likeness (QED) is 0.723. The molecule has 2 heterocycles. The summed E-state index contributed by atoms with van der Waals surface area (Å²) in [6, 6.07) is 3.11. The highest BCUT2D eigenvalue weighted by molar-refractivity contribution is 5.89. The Labute approximate surface area is 147 Å². The number of alkyl halides is 5. The van der Waals surface area contributed by atoms with Crippen molar-refractivity contribution in [3.8, 4) is 5.75 Å². The largest absolute Gasteiger partial charge is 0.477 e. The Kier molecular flexibility index (Phi) is 4.94. The summed E-state index contributed by atoms with van der Waals surface area (Å²) in [4.78, 5) is 13.6. The number of nitrogens with zero attached hydrogens (tertiary/aromatic N) is 1. The fourth-order valence-corrected chi connectivity index (χ4v) is 3.15. The van der Waals surface area contributed by atoms with Crippen LogP contribution in [0.1, 0.15) is 30.4 Å². The zero-order valence-corrected chi connectivity index (χ0v) is 13.9. The molecule has 0 saturated carbocycles. The van der Waals surface area contributed by atoms with Crippen molar-refractivity contribution in [1.82, 2.24) is 4.90 Å². The lowest BCUT2D eigenvalue weighted by Gasteiger charge is -2.38. The van der Waals surface area contributed by atoms with Gasteiger partial charge in [-0.1, -0.05) is 0 Å². The van der Waals surface area contributed by atoms with Crippen molar-refractivity contribution in [3.63, 3.8) is 0 Å². The van der Waals surface area contributed by atoms with Gasteiger partial charge in [0.25, 0.3) is 0 Å². The van der Waals surface area contributed by atoms with Crippen LogP contribution in [0.5, 0.6) is 5.75 Å². The lowest BCUT2D eigenvalue weighted by molar-refractivity contribution is -0.129. The Morgan fingerprint density at radius 2 is 1.88 bits per heavy atom. The predicted molar refractivity (Wildman–Crippen MR) is 85.2 cm³/mol. The number of benzene rings is 1. The summed E-state index contributed by atoms with van der Waals surface area (Å²) in [5.74, 6) is -3.99. The number of hydrogen-bond acceptors (Lipinski definition) is 2. The van der Waals surface area contributed by atoms with Crippen molar-refractivity contribution in [2.24, 2.45) is 0 Å². The Bertz CT molecular complexity index is 730. The van der Waals surface area contributed by atoms with Crippen molar-refractivity contribution >= 4 is 11.6 Å². The Morgan fingerprint density at radius 1 is 1.15 bits per heavy atom. The first-order valence-electron chi connectivity index (χ1n) is 8.29. The maximum absolute atomic E-state index is 13.7. The van der Waals surface area contributed by atoms with Crippen LogP contribution < -0.4 is 4.74 Å². The van der Waals surface area contributed by atoms with E-state index in [9.17, 15) is 26.7 Å². The average Bonchev–Trinajstić information content (AvgIpc) is 2.67. The molecule has 142 valence electrons. The molecule has 0 aliphatic carbocycles. The fourth-order valence-electron chi connectivity index (χ4n) is 3.15. The molecule has 2 aliphatic rings. The summed E-state index contributed by atoms with van der Waals surface area (Å²) in [7, 11) is 0. The summed E-state index contributed by atoms with van der Waals surface area (Å²) < 4.78 is 72.6. The van der Waals surface area contributed by atoms with Gasteiger partial charge in [0, 0.05) is 24.1 Å². The van der Waals surface area contributed by atoms with E-state index in [1.807, 2.05) is 0 Å². The molecular formula is C18H18F5NO2. The first-order chi connectivity index (χ1) is 12.4. The molecule has 1 aromatic carbocycles. The molecule has 2 aliphatic heterocycles. The molecule has 0 aromatic heterocycles. The molecule has 3 nitrogen and oxygen atoms in total. The molecule has 0 radical (unpaired) electrons. The van der Waals surface area contributed by atoms with E-state index in [4.69, 9.17) is 4.74 Å².